The van der Waals surface area contributed by atoms with Crippen LogP contribution in [0.15, 0.2) is 12.2 Å². The molecule has 0 aliphatic heterocycles. The second kappa shape index (κ2) is 5.78. The van der Waals surface area contributed by atoms with E-state index >= 15 is 0 Å². The van der Waals surface area contributed by atoms with Crippen molar-refractivity contribution in [2.75, 3.05) is 0 Å². The Kier molecular flexibility index (Phi) is 4.16. The van der Waals surface area contributed by atoms with Crippen molar-refractivity contribution in [1.82, 2.24) is 0 Å². The second-order valence-corrected chi connectivity index (χ2v) is 8.10. The molecule has 0 saturated heterocycles. The van der Waals surface area contributed by atoms with E-state index in [0.29, 0.717) is 11.0 Å². The highest BCUT2D eigenvalue weighted by molar-refractivity contribution is 5.87. The summed E-state index contributed by atoms with van der Waals surface area (Å²) in [7, 11) is 0. The quantitative estimate of drug-likeness (QED) is 0.515. The number of hydrogen-bond donors (Lipinski definition) is 0. The zero-order valence-corrected chi connectivity index (χ0v) is 13.7. The molecule has 2 nitrogen and oxygen atoms in total. The van der Waals surface area contributed by atoms with E-state index < -0.39 is 0 Å². The fraction of sp³-hybridized carbons (Fsp3) is 0.842. The molecule has 0 N–H and O–H groups in total. The van der Waals surface area contributed by atoms with Gasteiger partial charge in [-0.1, -0.05) is 26.3 Å². The van der Waals surface area contributed by atoms with Gasteiger partial charge in [0.15, 0.2) is 0 Å². The Hall–Kier alpha value is -0.790. The summed E-state index contributed by atoms with van der Waals surface area (Å²) in [5, 5.41) is 0. The summed E-state index contributed by atoms with van der Waals surface area (Å²) in [6.07, 6.45) is 11.7. The van der Waals surface area contributed by atoms with E-state index in [0.717, 1.165) is 30.6 Å². The van der Waals surface area contributed by atoms with Crippen LogP contribution in [-0.4, -0.2) is 12.1 Å². The van der Waals surface area contributed by atoms with Gasteiger partial charge in [0, 0.05) is 11.0 Å². The first-order valence-electron chi connectivity index (χ1n) is 8.89. The van der Waals surface area contributed by atoms with Gasteiger partial charge in [-0.3, -0.25) is 0 Å². The molecule has 4 fully saturated rings. The molecule has 21 heavy (non-hydrogen) atoms. The van der Waals surface area contributed by atoms with Gasteiger partial charge in [-0.05, 0) is 69.6 Å². The molecule has 0 aromatic rings. The third-order valence-corrected chi connectivity index (χ3v) is 6.19. The van der Waals surface area contributed by atoms with Crippen molar-refractivity contribution in [3.63, 3.8) is 0 Å². The minimum atomic E-state index is -0.174. The summed E-state index contributed by atoms with van der Waals surface area (Å²) >= 11 is 0. The van der Waals surface area contributed by atoms with E-state index in [1.807, 2.05) is 0 Å². The zero-order chi connectivity index (χ0) is 15.0. The van der Waals surface area contributed by atoms with Crippen LogP contribution in [0.4, 0.5) is 0 Å². The van der Waals surface area contributed by atoms with Crippen molar-refractivity contribution < 1.29 is 9.53 Å². The zero-order valence-electron chi connectivity index (χ0n) is 13.7. The predicted octanol–water partition coefficient (Wildman–Crippen LogP) is 4.88. The highest BCUT2D eigenvalue weighted by Crippen LogP contribution is 2.62. The Labute approximate surface area is 129 Å². The Bertz CT molecular complexity index is 388. The average Bonchev–Trinajstić information content (AvgIpc) is 2.41. The number of carbonyl (C=O) groups is 1. The molecule has 1 atom stereocenters. The van der Waals surface area contributed by atoms with Gasteiger partial charge in [-0.15, -0.1) is 0 Å². The predicted molar refractivity (Wildman–Crippen MR) is 84.8 cm³/mol. The maximum absolute atomic E-state index is 12.1. The summed E-state index contributed by atoms with van der Waals surface area (Å²) in [6.45, 7) is 7.74. The normalized spacial score (nSPS) is 38.3. The van der Waals surface area contributed by atoms with Crippen LogP contribution in [0.5, 0.6) is 0 Å². The maximum Gasteiger partial charge on any atom is 0.333 e. The highest BCUT2D eigenvalue weighted by Gasteiger charge is 2.55. The van der Waals surface area contributed by atoms with E-state index in [9.17, 15) is 4.79 Å². The molecular formula is C19H30O2. The number of rotatable bonds is 6. The minimum absolute atomic E-state index is 0.134. The van der Waals surface area contributed by atoms with E-state index in [-0.39, 0.29) is 12.1 Å². The van der Waals surface area contributed by atoms with Gasteiger partial charge < -0.3 is 4.74 Å². The summed E-state index contributed by atoms with van der Waals surface area (Å²) < 4.78 is 5.96. The fourth-order valence-electron chi connectivity index (χ4n) is 5.68. The van der Waals surface area contributed by atoms with Gasteiger partial charge in [0.2, 0.25) is 0 Å². The van der Waals surface area contributed by atoms with Crippen LogP contribution in [0.3, 0.4) is 0 Å². The molecule has 0 amide bonds. The highest BCUT2D eigenvalue weighted by atomic mass is 16.5. The topological polar surface area (TPSA) is 26.3 Å². The molecular weight excluding hydrogens is 260 g/mol. The van der Waals surface area contributed by atoms with E-state index in [1.165, 1.54) is 44.9 Å². The van der Waals surface area contributed by atoms with Crippen LogP contribution < -0.4 is 0 Å². The summed E-state index contributed by atoms with van der Waals surface area (Å²) in [4.78, 5) is 12.1. The van der Waals surface area contributed by atoms with E-state index in [1.54, 1.807) is 6.92 Å². The maximum atomic E-state index is 12.1. The summed E-state index contributed by atoms with van der Waals surface area (Å²) in [6, 6.07) is 0. The monoisotopic (exact) mass is 290 g/mol. The number of carbonyl (C=O) groups excluding carboxylic acids is 1. The molecule has 0 aromatic heterocycles. The second-order valence-electron chi connectivity index (χ2n) is 8.10. The van der Waals surface area contributed by atoms with Crippen LogP contribution in [-0.2, 0) is 9.53 Å². The SMILES string of the molecule is C=C(C)C(=O)OC(CCCC)C12CC3CC(CC(C3)C1)C2. The summed E-state index contributed by atoms with van der Waals surface area (Å²) in [5.74, 6) is 2.54. The first-order chi connectivity index (χ1) is 10.0. The van der Waals surface area contributed by atoms with Crippen molar-refractivity contribution in [2.24, 2.45) is 23.2 Å². The number of unbranched alkanes of at least 4 members (excludes halogenated alkanes) is 1. The van der Waals surface area contributed by atoms with Gasteiger partial charge in [0.25, 0.3) is 0 Å². The van der Waals surface area contributed by atoms with Gasteiger partial charge in [-0.2, -0.15) is 0 Å². The molecule has 1 unspecified atom stereocenters. The molecule has 4 saturated carbocycles. The Balaban J connectivity index is 1.78. The number of esters is 1. The third-order valence-electron chi connectivity index (χ3n) is 6.19. The molecule has 0 spiro atoms. The van der Waals surface area contributed by atoms with Crippen molar-refractivity contribution in [1.29, 1.82) is 0 Å². The lowest BCUT2D eigenvalue weighted by molar-refractivity contribution is -0.170. The largest absolute Gasteiger partial charge is 0.458 e. The van der Waals surface area contributed by atoms with Crippen LogP contribution in [0.2, 0.25) is 0 Å². The Morgan fingerprint density at radius 3 is 2.14 bits per heavy atom. The van der Waals surface area contributed by atoms with Gasteiger partial charge in [0.05, 0.1) is 0 Å². The lowest BCUT2D eigenvalue weighted by Crippen LogP contribution is -2.52. The van der Waals surface area contributed by atoms with Gasteiger partial charge >= 0.3 is 5.97 Å². The molecule has 4 rings (SSSR count). The molecule has 2 heteroatoms. The van der Waals surface area contributed by atoms with Gasteiger partial charge in [-0.25, -0.2) is 4.79 Å². The first-order valence-corrected chi connectivity index (χ1v) is 8.89. The van der Waals surface area contributed by atoms with Crippen molar-refractivity contribution in [3.8, 4) is 0 Å². The molecule has 4 bridgehead atoms. The number of ether oxygens (including phenoxy) is 1. The van der Waals surface area contributed by atoms with Crippen molar-refractivity contribution >= 4 is 5.97 Å². The standard InChI is InChI=1S/C19H30O2/c1-4-5-6-17(21-18(20)13(2)3)19-10-14-7-15(11-19)9-16(8-14)12-19/h14-17H,2,4-12H2,1,3H3. The van der Waals surface area contributed by atoms with Crippen LogP contribution >= 0.6 is 0 Å². The average molecular weight is 290 g/mol. The number of hydrogen-bond acceptors (Lipinski definition) is 2. The van der Waals surface area contributed by atoms with Crippen molar-refractivity contribution in [3.05, 3.63) is 12.2 Å². The molecule has 4 aliphatic rings. The summed E-state index contributed by atoms with van der Waals surface area (Å²) in [5.41, 5.74) is 0.843. The molecule has 118 valence electrons. The molecule has 4 aliphatic carbocycles. The minimum Gasteiger partial charge on any atom is -0.458 e. The van der Waals surface area contributed by atoms with Crippen molar-refractivity contribution in [2.45, 2.75) is 77.7 Å². The first kappa shape index (κ1) is 15.1. The van der Waals surface area contributed by atoms with Gasteiger partial charge in [0.1, 0.15) is 6.10 Å². The molecule has 0 aromatic carbocycles. The van der Waals surface area contributed by atoms with Crippen LogP contribution in [0.25, 0.3) is 0 Å². The Morgan fingerprint density at radius 2 is 1.71 bits per heavy atom. The van der Waals surface area contributed by atoms with Crippen LogP contribution in [0.1, 0.15) is 71.6 Å². The third kappa shape index (κ3) is 2.91. The van der Waals surface area contributed by atoms with E-state index in [2.05, 4.69) is 13.5 Å². The fourth-order valence-corrected chi connectivity index (χ4v) is 5.68. The lowest BCUT2D eigenvalue weighted by atomic mass is 9.48. The molecule has 0 radical (unpaired) electrons. The van der Waals surface area contributed by atoms with E-state index in [4.69, 9.17) is 4.74 Å². The molecule has 0 heterocycles. The Morgan fingerprint density at radius 1 is 1.19 bits per heavy atom. The van der Waals surface area contributed by atoms with Crippen LogP contribution in [0, 0.1) is 23.2 Å². The smallest absolute Gasteiger partial charge is 0.333 e. The lowest BCUT2D eigenvalue weighted by Gasteiger charge is -2.59.